The van der Waals surface area contributed by atoms with Crippen LogP contribution in [0.5, 0.6) is 0 Å². The molecule has 176 valence electrons. The molecule has 0 unspecified atom stereocenters. The molecule has 0 amide bonds. The van der Waals surface area contributed by atoms with E-state index in [-0.39, 0.29) is 21.1 Å². The molecule has 9 nitrogen and oxygen atoms in total. The molecule has 9 heteroatoms. The number of rotatable bonds is 1. The number of nitro groups is 1. The molecular weight excluding hydrogens is 436 g/mol. The maximum Gasteiger partial charge on any atom is 0.273 e. The van der Waals surface area contributed by atoms with Crippen LogP contribution in [0.15, 0.2) is 81.9 Å². The van der Waals surface area contributed by atoms with Crippen LogP contribution in [0, 0.1) is 10.1 Å². The van der Waals surface area contributed by atoms with Crippen molar-refractivity contribution in [2.45, 2.75) is 14.4 Å². The fourth-order valence-corrected chi connectivity index (χ4v) is 3.34. The zero-order valence-corrected chi connectivity index (χ0v) is 17.6. The van der Waals surface area contributed by atoms with Crippen LogP contribution in [-0.4, -0.2) is 26.6 Å². The monoisotopic (exact) mass is 462 g/mol. The van der Waals surface area contributed by atoms with Gasteiger partial charge >= 0.3 is 0 Å². The first-order valence-electron chi connectivity index (χ1n) is 10.1. The maximum atomic E-state index is 10.6. The van der Waals surface area contributed by atoms with Crippen molar-refractivity contribution < 1.29 is 20.3 Å². The van der Waals surface area contributed by atoms with E-state index in [1.165, 1.54) is 12.1 Å². The second-order valence-electron chi connectivity index (χ2n) is 6.93. The third kappa shape index (κ3) is 4.79. The van der Waals surface area contributed by atoms with Crippen molar-refractivity contribution in [3.8, 4) is 0 Å². The first kappa shape index (κ1) is 24.1. The minimum Gasteiger partial charge on any atom is -0.438 e. The third-order valence-electron chi connectivity index (χ3n) is 4.72. The molecular formula is C25H26N4O5. The first-order chi connectivity index (χ1) is 16.0. The van der Waals surface area contributed by atoms with Gasteiger partial charge in [0.2, 0.25) is 11.4 Å². The number of non-ortho nitro benzene ring substituents is 1. The van der Waals surface area contributed by atoms with Crippen LogP contribution < -0.4 is 5.73 Å². The molecule has 34 heavy (non-hydrogen) atoms. The number of nitrogens with zero attached hydrogens (tertiary/aromatic N) is 3. The average molecular weight is 463 g/mol. The van der Waals surface area contributed by atoms with E-state index in [1.807, 2.05) is 36.4 Å². The summed E-state index contributed by atoms with van der Waals surface area (Å²) in [4.78, 5) is 18.4. The molecule has 4 heterocycles. The van der Waals surface area contributed by atoms with Gasteiger partial charge in [-0.3, -0.25) is 10.1 Å². The number of aliphatic hydroxyl groups excluding tert-OH is 1. The van der Waals surface area contributed by atoms with Crippen molar-refractivity contribution in [1.82, 2.24) is 9.97 Å². The lowest BCUT2D eigenvalue weighted by atomic mass is 10.2. The predicted octanol–water partition coefficient (Wildman–Crippen LogP) is 6.33. The summed E-state index contributed by atoms with van der Waals surface area (Å²) in [7, 11) is 0. The fourth-order valence-electron chi connectivity index (χ4n) is 3.34. The van der Waals surface area contributed by atoms with Crippen molar-refractivity contribution in [3.05, 3.63) is 83.2 Å². The molecule has 0 atom stereocenters. The summed E-state index contributed by atoms with van der Waals surface area (Å²) >= 11 is 0. The Kier molecular flexibility index (Phi) is 7.39. The van der Waals surface area contributed by atoms with Crippen molar-refractivity contribution in [2.24, 2.45) is 0 Å². The lowest BCUT2D eigenvalue weighted by Crippen LogP contribution is -1.85. The van der Waals surface area contributed by atoms with Crippen molar-refractivity contribution in [1.29, 1.82) is 0 Å². The molecule has 4 aromatic heterocycles. The van der Waals surface area contributed by atoms with Crippen LogP contribution in [0.1, 0.15) is 15.8 Å². The number of anilines is 1. The molecule has 0 fully saturated rings. The van der Waals surface area contributed by atoms with Crippen LogP contribution in [0.3, 0.4) is 0 Å². The van der Waals surface area contributed by atoms with E-state index in [0.717, 1.165) is 27.1 Å². The number of nitrogens with two attached hydrogens (primary N) is 1. The van der Waals surface area contributed by atoms with E-state index < -0.39 is 4.92 Å². The van der Waals surface area contributed by atoms with Gasteiger partial charge in [0.1, 0.15) is 11.2 Å². The summed E-state index contributed by atoms with van der Waals surface area (Å²) in [5, 5.41) is 22.0. The molecule has 0 radical (unpaired) electrons. The van der Waals surface area contributed by atoms with Gasteiger partial charge in [0.05, 0.1) is 11.0 Å². The molecule has 2 aromatic carbocycles. The second-order valence-corrected chi connectivity index (χ2v) is 6.93. The van der Waals surface area contributed by atoms with E-state index in [9.17, 15) is 10.1 Å². The number of benzene rings is 2. The molecule has 0 aliphatic carbocycles. The normalized spacial score (nSPS) is 10.3. The van der Waals surface area contributed by atoms with E-state index in [0.29, 0.717) is 22.7 Å². The Morgan fingerprint density at radius 1 is 0.912 bits per heavy atom. The van der Waals surface area contributed by atoms with Crippen molar-refractivity contribution in [2.75, 3.05) is 12.3 Å². The van der Waals surface area contributed by atoms with Gasteiger partial charge in [0, 0.05) is 59.8 Å². The molecule has 3 N–H and O–H groups in total. The number of hydrogen-bond acceptors (Lipinski definition) is 8. The molecule has 0 saturated carbocycles. The van der Waals surface area contributed by atoms with Gasteiger partial charge in [-0.15, -0.1) is 0 Å². The third-order valence-corrected chi connectivity index (χ3v) is 4.72. The molecule has 6 aromatic rings. The number of furan rings is 2. The number of fused-ring (bicyclic) bond motifs is 6. The topological polar surface area (TPSA) is 141 Å². The zero-order chi connectivity index (χ0) is 23.4. The summed E-state index contributed by atoms with van der Waals surface area (Å²) in [5.74, 6) is 0. The maximum absolute atomic E-state index is 10.6. The minimum atomic E-state index is -0.444. The minimum absolute atomic E-state index is 0. The van der Waals surface area contributed by atoms with Crippen LogP contribution in [0.25, 0.3) is 44.1 Å². The van der Waals surface area contributed by atoms with Crippen LogP contribution in [0.4, 0.5) is 11.4 Å². The van der Waals surface area contributed by atoms with Gasteiger partial charge in [-0.05, 0) is 49.4 Å². The molecule has 0 spiro atoms. The summed E-state index contributed by atoms with van der Waals surface area (Å²) in [6.45, 7) is 1.93. The number of nitrogen functional groups attached to an aromatic ring is 1. The van der Waals surface area contributed by atoms with Crippen LogP contribution in [0.2, 0.25) is 0 Å². The average Bonchev–Trinajstić information content (AvgIpc) is 3.37. The number of aliphatic hydroxyl groups is 1. The Labute approximate surface area is 196 Å². The fraction of sp³-hybridized carbons (Fsp3) is 0.120. The number of aromatic nitrogens is 2. The van der Waals surface area contributed by atoms with E-state index in [4.69, 9.17) is 19.7 Å². The number of nitro benzene ring substituents is 1. The van der Waals surface area contributed by atoms with Crippen molar-refractivity contribution in [3.63, 3.8) is 0 Å². The van der Waals surface area contributed by atoms with Gasteiger partial charge in [-0.1, -0.05) is 7.43 Å². The van der Waals surface area contributed by atoms with Crippen molar-refractivity contribution >= 4 is 55.5 Å². The highest BCUT2D eigenvalue weighted by molar-refractivity contribution is 6.04. The largest absolute Gasteiger partial charge is 0.438 e. The lowest BCUT2D eigenvalue weighted by Gasteiger charge is -1.90. The standard InChI is InChI=1S/C11H6N2O3.C11H8N2O.C2H6O.CH4.H2/c14-13(15)7-3-4-8-9-2-1-5-12-11(9)16-10(8)6-7;12-7-3-4-8-9-2-1-5-13-11(9)14-10(8)6-7;1-2-3;;/h1-6H;1-6H,12H2;3H,2H2,1H3;1H4;1H. The van der Waals surface area contributed by atoms with Gasteiger partial charge in [0.25, 0.3) is 5.69 Å². The highest BCUT2D eigenvalue weighted by Gasteiger charge is 2.12. The number of pyridine rings is 2. The van der Waals surface area contributed by atoms with Crippen LogP contribution in [-0.2, 0) is 0 Å². The summed E-state index contributed by atoms with van der Waals surface area (Å²) in [6.07, 6.45) is 3.34. The Bertz CT molecular complexity index is 1580. The molecule has 0 saturated heterocycles. The Morgan fingerprint density at radius 2 is 1.41 bits per heavy atom. The molecule has 6 rings (SSSR count). The van der Waals surface area contributed by atoms with E-state index >= 15 is 0 Å². The highest BCUT2D eigenvalue weighted by atomic mass is 16.6. The smallest absolute Gasteiger partial charge is 0.273 e. The highest BCUT2D eigenvalue weighted by Crippen LogP contribution is 2.30. The number of hydrogen-bond donors (Lipinski definition) is 2. The molecule has 0 bridgehead atoms. The summed E-state index contributed by atoms with van der Waals surface area (Å²) in [6, 6.07) is 17.8. The van der Waals surface area contributed by atoms with E-state index in [1.54, 1.807) is 31.5 Å². The lowest BCUT2D eigenvalue weighted by molar-refractivity contribution is -0.384. The SMILES string of the molecule is C.CCO.Nc1ccc2c(c1)oc1ncccc12.O=[N+]([O-])c1ccc2c(c1)oc1ncccc12.[HH]. The second kappa shape index (κ2) is 10.4. The zero-order valence-electron chi connectivity index (χ0n) is 17.6. The predicted molar refractivity (Wildman–Crippen MR) is 136 cm³/mol. The Balaban J connectivity index is 0.000000213. The van der Waals surface area contributed by atoms with E-state index in [2.05, 4.69) is 9.97 Å². The van der Waals surface area contributed by atoms with Gasteiger partial charge in [-0.2, -0.15) is 0 Å². The Hall–Kier alpha value is -4.50. The van der Waals surface area contributed by atoms with Crippen LogP contribution >= 0.6 is 0 Å². The Morgan fingerprint density at radius 3 is 1.94 bits per heavy atom. The van der Waals surface area contributed by atoms with Gasteiger partial charge in [-0.25, -0.2) is 9.97 Å². The first-order valence-corrected chi connectivity index (χ1v) is 10.1. The van der Waals surface area contributed by atoms with Gasteiger partial charge < -0.3 is 19.7 Å². The molecule has 0 aliphatic rings. The summed E-state index contributed by atoms with van der Waals surface area (Å²) in [5.41, 5.74) is 8.83. The summed E-state index contributed by atoms with van der Waals surface area (Å²) < 4.78 is 11.0. The molecule has 0 aliphatic heterocycles. The van der Waals surface area contributed by atoms with Gasteiger partial charge in [0.15, 0.2) is 0 Å². The quantitative estimate of drug-likeness (QED) is 0.164.